The first-order chi connectivity index (χ1) is 17.3. The first-order valence-corrected chi connectivity index (χ1v) is 12.9. The average molecular weight is 515 g/mol. The highest BCUT2D eigenvalue weighted by Crippen LogP contribution is 2.39. The number of carboxylic acids is 1. The molecular weight excluding hydrogens is 480 g/mol. The Morgan fingerprint density at radius 2 is 1.94 bits per heavy atom. The highest BCUT2D eigenvalue weighted by Gasteiger charge is 2.43. The molecule has 2 heterocycles. The summed E-state index contributed by atoms with van der Waals surface area (Å²) >= 11 is 6.42. The van der Waals surface area contributed by atoms with Crippen LogP contribution in [0.2, 0.25) is 0 Å². The number of rotatable bonds is 10. The lowest BCUT2D eigenvalue weighted by Crippen LogP contribution is -2.59. The summed E-state index contributed by atoms with van der Waals surface area (Å²) in [6.45, 7) is 3.05. The molecule has 0 bridgehead atoms. The maximum atomic E-state index is 13.4. The third-order valence-electron chi connectivity index (χ3n) is 7.52. The van der Waals surface area contributed by atoms with Crippen molar-refractivity contribution in [2.24, 2.45) is 13.0 Å². The Kier molecular flexibility index (Phi) is 8.23. The molecule has 1 aromatic heterocycles. The maximum Gasteiger partial charge on any atom is 0.311 e. The van der Waals surface area contributed by atoms with Crippen molar-refractivity contribution in [1.29, 1.82) is 0 Å². The second kappa shape index (κ2) is 11.2. The summed E-state index contributed by atoms with van der Waals surface area (Å²) in [6, 6.07) is 9.48. The van der Waals surface area contributed by atoms with Crippen LogP contribution >= 0.6 is 11.6 Å². The van der Waals surface area contributed by atoms with Crippen LogP contribution in [0, 0.1) is 5.92 Å². The molecule has 2 aromatic rings. The van der Waals surface area contributed by atoms with E-state index in [0.717, 1.165) is 48.1 Å². The fourth-order valence-electron chi connectivity index (χ4n) is 5.46. The summed E-state index contributed by atoms with van der Waals surface area (Å²) in [7, 11) is 3.47. The Bertz CT molecular complexity index is 1110. The topological polar surface area (TPSA) is 89.8 Å². The van der Waals surface area contributed by atoms with E-state index in [1.807, 2.05) is 61.0 Å². The second-order valence-corrected chi connectivity index (χ2v) is 10.6. The standard InChI is InChI=1S/C28H35ClN2O5/c1-18(29)22-15-24(31(2)23(22)9-6-14-35-3)26(32)30-28(16-36-17-28)21-12-10-20(11-13-21)25(27(33)34)19-7-4-5-8-19/h6,9-13,15,18-19,25H,4-5,7-8,14,16-17H2,1-3H3,(H,30,32)(H,33,34)/b9-6-. The third-order valence-corrected chi connectivity index (χ3v) is 7.76. The number of hydrogen-bond donors (Lipinski definition) is 2. The van der Waals surface area contributed by atoms with E-state index < -0.39 is 17.4 Å². The molecular formula is C28H35ClN2O5. The number of amides is 1. The van der Waals surface area contributed by atoms with Gasteiger partial charge in [0.05, 0.1) is 31.1 Å². The molecule has 1 aliphatic carbocycles. The Labute approximate surface area is 217 Å². The molecule has 2 atom stereocenters. The first kappa shape index (κ1) is 26.5. The summed E-state index contributed by atoms with van der Waals surface area (Å²) in [5.41, 5.74) is 3.29. The normalized spacial score (nSPS) is 19.2. The van der Waals surface area contributed by atoms with Crippen molar-refractivity contribution in [2.75, 3.05) is 26.9 Å². The number of nitrogens with one attached hydrogen (secondary N) is 1. The fraction of sp³-hybridized carbons (Fsp3) is 0.500. The number of aromatic nitrogens is 1. The van der Waals surface area contributed by atoms with Gasteiger partial charge in [-0.05, 0) is 54.5 Å². The average Bonchev–Trinajstić information content (AvgIpc) is 3.45. The molecule has 2 N–H and O–H groups in total. The monoisotopic (exact) mass is 514 g/mol. The molecule has 2 unspecified atom stereocenters. The van der Waals surface area contributed by atoms with Gasteiger partial charge in [-0.3, -0.25) is 9.59 Å². The van der Waals surface area contributed by atoms with Gasteiger partial charge in [0.1, 0.15) is 11.2 Å². The van der Waals surface area contributed by atoms with Crippen molar-refractivity contribution in [1.82, 2.24) is 9.88 Å². The van der Waals surface area contributed by atoms with E-state index in [0.29, 0.717) is 25.5 Å². The summed E-state index contributed by atoms with van der Waals surface area (Å²) in [5, 5.41) is 12.8. The maximum absolute atomic E-state index is 13.4. The van der Waals surface area contributed by atoms with Crippen LogP contribution in [0.1, 0.15) is 76.8 Å². The minimum absolute atomic E-state index is 0.178. The summed E-state index contributed by atoms with van der Waals surface area (Å²) < 4.78 is 12.5. The molecule has 2 aliphatic rings. The van der Waals surface area contributed by atoms with Gasteiger partial charge >= 0.3 is 5.97 Å². The molecule has 8 heteroatoms. The van der Waals surface area contributed by atoms with Gasteiger partial charge in [0, 0.05) is 19.9 Å². The predicted molar refractivity (Wildman–Crippen MR) is 139 cm³/mol. The van der Waals surface area contributed by atoms with Gasteiger partial charge in [-0.1, -0.05) is 43.2 Å². The molecule has 0 spiro atoms. The van der Waals surface area contributed by atoms with Crippen molar-refractivity contribution in [3.05, 3.63) is 64.5 Å². The van der Waals surface area contributed by atoms with Crippen LogP contribution in [-0.2, 0) is 26.9 Å². The van der Waals surface area contributed by atoms with Crippen molar-refractivity contribution >= 4 is 29.6 Å². The van der Waals surface area contributed by atoms with E-state index in [1.165, 1.54) is 0 Å². The zero-order chi connectivity index (χ0) is 25.9. The molecule has 1 saturated heterocycles. The van der Waals surface area contributed by atoms with Crippen molar-refractivity contribution < 1.29 is 24.2 Å². The van der Waals surface area contributed by atoms with Crippen LogP contribution in [0.3, 0.4) is 0 Å². The SMILES string of the molecule is COC/C=C\c1c(C(C)Cl)cc(C(=O)NC2(c3ccc(C(C(=O)O)C4CCCC4)cc3)COC2)n1C. The zero-order valence-corrected chi connectivity index (χ0v) is 21.9. The Hall–Kier alpha value is -2.61. The van der Waals surface area contributed by atoms with E-state index in [-0.39, 0.29) is 17.2 Å². The van der Waals surface area contributed by atoms with Crippen LogP contribution in [0.4, 0.5) is 0 Å². The fourth-order valence-corrected chi connectivity index (χ4v) is 5.63. The van der Waals surface area contributed by atoms with Gasteiger partial charge in [0.15, 0.2) is 0 Å². The molecule has 1 amide bonds. The molecule has 1 aromatic carbocycles. The van der Waals surface area contributed by atoms with Crippen LogP contribution in [-0.4, -0.2) is 48.5 Å². The number of carbonyl (C=O) groups excluding carboxylic acids is 1. The van der Waals surface area contributed by atoms with E-state index in [1.54, 1.807) is 7.11 Å². The van der Waals surface area contributed by atoms with Gasteiger partial charge in [-0.25, -0.2) is 0 Å². The van der Waals surface area contributed by atoms with Gasteiger partial charge < -0.3 is 24.5 Å². The highest BCUT2D eigenvalue weighted by atomic mass is 35.5. The number of carbonyl (C=O) groups is 2. The smallest absolute Gasteiger partial charge is 0.311 e. The molecule has 1 aliphatic heterocycles. The van der Waals surface area contributed by atoms with Crippen LogP contribution in [0.5, 0.6) is 0 Å². The van der Waals surface area contributed by atoms with E-state index >= 15 is 0 Å². The summed E-state index contributed by atoms with van der Waals surface area (Å²) in [4.78, 5) is 25.5. The van der Waals surface area contributed by atoms with Crippen molar-refractivity contribution in [2.45, 2.75) is 49.4 Å². The zero-order valence-electron chi connectivity index (χ0n) is 21.1. The molecule has 194 valence electrons. The van der Waals surface area contributed by atoms with Crippen LogP contribution in [0.15, 0.2) is 36.4 Å². The molecule has 36 heavy (non-hydrogen) atoms. The first-order valence-electron chi connectivity index (χ1n) is 12.5. The number of carboxylic acid groups (broad SMARTS) is 1. The lowest BCUT2D eigenvalue weighted by atomic mass is 9.82. The summed E-state index contributed by atoms with van der Waals surface area (Å²) in [6.07, 6.45) is 7.89. The molecule has 1 saturated carbocycles. The van der Waals surface area contributed by atoms with Gasteiger partial charge in [0.25, 0.3) is 5.91 Å². The highest BCUT2D eigenvalue weighted by molar-refractivity contribution is 6.20. The quantitative estimate of drug-likeness (QED) is 0.435. The van der Waals surface area contributed by atoms with Crippen LogP contribution in [0.25, 0.3) is 6.08 Å². The number of nitrogens with zero attached hydrogens (tertiary/aromatic N) is 1. The lowest BCUT2D eigenvalue weighted by molar-refractivity contribution is -0.140. The van der Waals surface area contributed by atoms with E-state index in [9.17, 15) is 14.7 Å². The third kappa shape index (κ3) is 5.24. The number of benzene rings is 1. The number of alkyl halides is 1. The number of ether oxygens (including phenoxy) is 2. The molecule has 2 fully saturated rings. The lowest BCUT2D eigenvalue weighted by Gasteiger charge is -2.42. The van der Waals surface area contributed by atoms with Gasteiger partial charge in [0.2, 0.25) is 0 Å². The van der Waals surface area contributed by atoms with Gasteiger partial charge in [-0.2, -0.15) is 0 Å². The molecule has 0 radical (unpaired) electrons. The van der Waals surface area contributed by atoms with Crippen molar-refractivity contribution in [3.8, 4) is 0 Å². The Balaban J connectivity index is 1.57. The summed E-state index contributed by atoms with van der Waals surface area (Å²) in [5.74, 6) is -1.30. The number of halogens is 1. The second-order valence-electron chi connectivity index (χ2n) is 9.91. The van der Waals surface area contributed by atoms with E-state index in [4.69, 9.17) is 21.1 Å². The predicted octanol–water partition coefficient (Wildman–Crippen LogP) is 5.00. The number of hydrogen-bond acceptors (Lipinski definition) is 4. The minimum atomic E-state index is -0.770. The van der Waals surface area contributed by atoms with Crippen LogP contribution < -0.4 is 5.32 Å². The number of aliphatic carboxylic acids is 1. The Morgan fingerprint density at radius 3 is 2.47 bits per heavy atom. The molecule has 7 nitrogen and oxygen atoms in total. The minimum Gasteiger partial charge on any atom is -0.481 e. The van der Waals surface area contributed by atoms with Gasteiger partial charge in [-0.15, -0.1) is 11.6 Å². The largest absolute Gasteiger partial charge is 0.481 e. The Morgan fingerprint density at radius 1 is 1.28 bits per heavy atom. The number of methoxy groups -OCH3 is 1. The van der Waals surface area contributed by atoms with Crippen molar-refractivity contribution in [3.63, 3.8) is 0 Å². The molecule has 4 rings (SSSR count). The van der Waals surface area contributed by atoms with E-state index in [2.05, 4.69) is 5.32 Å².